The molecule has 1 aromatic carbocycles. The Bertz CT molecular complexity index is 604. The van der Waals surface area contributed by atoms with Gasteiger partial charge in [-0.2, -0.15) is 4.98 Å². The molecule has 20 heavy (non-hydrogen) atoms. The van der Waals surface area contributed by atoms with E-state index < -0.39 is 0 Å². The Morgan fingerprint density at radius 1 is 1.30 bits per heavy atom. The lowest BCUT2D eigenvalue weighted by Crippen LogP contribution is -2.11. The van der Waals surface area contributed by atoms with Crippen LogP contribution in [0.2, 0.25) is 0 Å². The molecule has 6 heteroatoms. The third kappa shape index (κ3) is 3.42. The molecule has 0 aliphatic carbocycles. The summed E-state index contributed by atoms with van der Waals surface area (Å²) in [5.41, 5.74) is 3.30. The van der Waals surface area contributed by atoms with Crippen LogP contribution in [0, 0.1) is 12.7 Å². The van der Waals surface area contributed by atoms with E-state index in [2.05, 4.69) is 15.4 Å². The summed E-state index contributed by atoms with van der Waals surface area (Å²) in [6.45, 7) is 3.87. The number of hydrogen-bond acceptors (Lipinski definition) is 5. The second-order valence-electron chi connectivity index (χ2n) is 4.41. The Morgan fingerprint density at radius 3 is 2.80 bits per heavy atom. The van der Waals surface area contributed by atoms with Crippen LogP contribution in [0.5, 0.6) is 11.6 Å². The normalized spacial score (nSPS) is 10.4. The van der Waals surface area contributed by atoms with E-state index in [9.17, 15) is 4.39 Å². The van der Waals surface area contributed by atoms with Crippen molar-refractivity contribution in [1.29, 1.82) is 0 Å². The van der Waals surface area contributed by atoms with Gasteiger partial charge >= 0.3 is 0 Å². The number of halogens is 1. The van der Waals surface area contributed by atoms with E-state index in [-0.39, 0.29) is 5.82 Å². The van der Waals surface area contributed by atoms with Crippen molar-refractivity contribution < 1.29 is 9.13 Å². The largest absolute Gasteiger partial charge is 0.438 e. The molecule has 3 N–H and O–H groups in total. The van der Waals surface area contributed by atoms with Gasteiger partial charge in [0.05, 0.1) is 0 Å². The van der Waals surface area contributed by atoms with Gasteiger partial charge in [-0.3, -0.25) is 0 Å². The first-order chi connectivity index (χ1) is 9.62. The molecule has 0 unspecified atom stereocenters. The van der Waals surface area contributed by atoms with Gasteiger partial charge in [0.15, 0.2) is 0 Å². The second kappa shape index (κ2) is 6.29. The molecule has 2 aromatic rings. The Labute approximate surface area is 117 Å². The van der Waals surface area contributed by atoms with Gasteiger partial charge in [-0.15, -0.1) is 0 Å². The van der Waals surface area contributed by atoms with Gasteiger partial charge < -0.3 is 10.2 Å². The van der Waals surface area contributed by atoms with Crippen molar-refractivity contribution in [2.75, 3.05) is 5.43 Å². The summed E-state index contributed by atoms with van der Waals surface area (Å²) < 4.78 is 18.9. The molecule has 0 aliphatic heterocycles. The zero-order valence-corrected chi connectivity index (χ0v) is 11.5. The van der Waals surface area contributed by atoms with Crippen molar-refractivity contribution in [3.8, 4) is 11.6 Å². The van der Waals surface area contributed by atoms with E-state index in [1.165, 1.54) is 12.1 Å². The second-order valence-corrected chi connectivity index (χ2v) is 4.41. The van der Waals surface area contributed by atoms with E-state index >= 15 is 0 Å². The molecule has 1 aromatic heterocycles. The molecule has 0 spiro atoms. The summed E-state index contributed by atoms with van der Waals surface area (Å²) in [4.78, 5) is 8.51. The van der Waals surface area contributed by atoms with Crippen LogP contribution in [-0.2, 0) is 6.42 Å². The lowest BCUT2D eigenvalue weighted by Gasteiger charge is -2.10. The highest BCUT2D eigenvalue weighted by atomic mass is 19.1. The van der Waals surface area contributed by atoms with Crippen molar-refractivity contribution in [1.82, 2.24) is 9.97 Å². The van der Waals surface area contributed by atoms with Gasteiger partial charge in [0.2, 0.25) is 5.88 Å². The third-order valence-electron chi connectivity index (χ3n) is 2.74. The van der Waals surface area contributed by atoms with Gasteiger partial charge in [-0.05, 0) is 25.0 Å². The zero-order valence-electron chi connectivity index (χ0n) is 11.5. The van der Waals surface area contributed by atoms with Crippen LogP contribution in [0.4, 0.5) is 10.2 Å². The maximum Gasteiger partial charge on any atom is 0.224 e. The summed E-state index contributed by atoms with van der Waals surface area (Å²) >= 11 is 0. The minimum Gasteiger partial charge on any atom is -0.438 e. The number of nitrogens with two attached hydrogens (primary N) is 1. The molecule has 0 saturated carbocycles. The molecular formula is C14H17FN4O. The van der Waals surface area contributed by atoms with Gasteiger partial charge in [-0.1, -0.05) is 13.0 Å². The Balaban J connectivity index is 2.32. The highest BCUT2D eigenvalue weighted by Crippen LogP contribution is 2.25. The Kier molecular flexibility index (Phi) is 4.47. The summed E-state index contributed by atoms with van der Waals surface area (Å²) in [5.74, 6) is 6.88. The monoisotopic (exact) mass is 276 g/mol. The fourth-order valence-corrected chi connectivity index (χ4v) is 1.73. The molecule has 5 nitrogen and oxygen atoms in total. The summed E-state index contributed by atoms with van der Waals surface area (Å²) in [7, 11) is 0. The highest BCUT2D eigenvalue weighted by Gasteiger charge is 2.08. The molecule has 0 fully saturated rings. The molecular weight excluding hydrogens is 259 g/mol. The third-order valence-corrected chi connectivity index (χ3v) is 2.74. The van der Waals surface area contributed by atoms with Crippen molar-refractivity contribution in [2.24, 2.45) is 5.84 Å². The fraction of sp³-hybridized carbons (Fsp3) is 0.286. The van der Waals surface area contributed by atoms with Crippen molar-refractivity contribution in [3.05, 3.63) is 41.5 Å². The van der Waals surface area contributed by atoms with Crippen LogP contribution < -0.4 is 16.0 Å². The predicted octanol–water partition coefficient (Wildman–Crippen LogP) is 2.95. The zero-order chi connectivity index (χ0) is 14.5. The fourth-order valence-electron chi connectivity index (χ4n) is 1.73. The number of hydrogen-bond donors (Lipinski definition) is 2. The minimum absolute atomic E-state index is 0.338. The number of aryl methyl sites for hydroxylation is 2. The Hall–Kier alpha value is -2.21. The molecule has 0 radical (unpaired) electrons. The van der Waals surface area contributed by atoms with Crippen LogP contribution in [-0.4, -0.2) is 9.97 Å². The van der Waals surface area contributed by atoms with E-state index in [1.54, 1.807) is 12.1 Å². The van der Waals surface area contributed by atoms with Crippen LogP contribution in [0.3, 0.4) is 0 Å². The molecule has 0 aliphatic rings. The number of aromatic nitrogens is 2. The Morgan fingerprint density at radius 2 is 2.10 bits per heavy atom. The number of hydrazine groups is 1. The SMILES string of the molecule is CCCc1nc(NN)cc(Oc2cc(F)ccc2C)n1. The van der Waals surface area contributed by atoms with E-state index in [0.717, 1.165) is 12.0 Å². The number of nitrogens with zero attached hydrogens (tertiary/aromatic N) is 2. The van der Waals surface area contributed by atoms with E-state index in [0.29, 0.717) is 29.7 Å². The predicted molar refractivity (Wildman–Crippen MR) is 75.0 cm³/mol. The smallest absolute Gasteiger partial charge is 0.224 e. The molecule has 0 saturated heterocycles. The summed E-state index contributed by atoms with van der Waals surface area (Å²) in [6.07, 6.45) is 1.63. The van der Waals surface area contributed by atoms with Gasteiger partial charge in [0, 0.05) is 18.6 Å². The average Bonchev–Trinajstić information content (AvgIpc) is 2.43. The van der Waals surface area contributed by atoms with Gasteiger partial charge in [0.25, 0.3) is 0 Å². The topological polar surface area (TPSA) is 73.1 Å². The molecule has 0 bridgehead atoms. The van der Waals surface area contributed by atoms with Crippen LogP contribution in [0.1, 0.15) is 24.7 Å². The van der Waals surface area contributed by atoms with Crippen LogP contribution in [0.15, 0.2) is 24.3 Å². The maximum atomic E-state index is 13.3. The summed E-state index contributed by atoms with van der Waals surface area (Å²) in [6, 6.07) is 5.94. The standard InChI is InChI=1S/C14H17FN4O/c1-3-4-12-17-13(19-16)8-14(18-12)20-11-7-10(15)6-5-9(11)2/h5-8H,3-4,16H2,1-2H3,(H,17,18,19). The lowest BCUT2D eigenvalue weighted by atomic mass is 10.2. The number of nitrogen functional groups attached to an aromatic ring is 1. The van der Waals surface area contributed by atoms with Crippen molar-refractivity contribution in [2.45, 2.75) is 26.7 Å². The number of rotatable bonds is 5. The highest BCUT2D eigenvalue weighted by molar-refractivity contribution is 5.41. The molecule has 0 atom stereocenters. The van der Waals surface area contributed by atoms with Crippen molar-refractivity contribution in [3.63, 3.8) is 0 Å². The average molecular weight is 276 g/mol. The minimum atomic E-state index is -0.356. The molecule has 1 heterocycles. The van der Waals surface area contributed by atoms with Crippen LogP contribution >= 0.6 is 0 Å². The summed E-state index contributed by atoms with van der Waals surface area (Å²) in [5, 5.41) is 0. The maximum absolute atomic E-state index is 13.3. The number of ether oxygens (including phenoxy) is 1. The number of anilines is 1. The first-order valence-electron chi connectivity index (χ1n) is 6.41. The van der Waals surface area contributed by atoms with Crippen molar-refractivity contribution >= 4 is 5.82 Å². The quantitative estimate of drug-likeness (QED) is 0.649. The van der Waals surface area contributed by atoms with Gasteiger partial charge in [-0.25, -0.2) is 15.2 Å². The number of nitrogens with one attached hydrogen (secondary N) is 1. The first-order valence-corrected chi connectivity index (χ1v) is 6.41. The number of benzene rings is 1. The van der Waals surface area contributed by atoms with Crippen LogP contribution in [0.25, 0.3) is 0 Å². The first kappa shape index (κ1) is 14.2. The lowest BCUT2D eigenvalue weighted by molar-refractivity contribution is 0.450. The van der Waals surface area contributed by atoms with Gasteiger partial charge in [0.1, 0.15) is 23.2 Å². The molecule has 2 rings (SSSR count). The van der Waals surface area contributed by atoms with E-state index in [1.807, 2.05) is 13.8 Å². The molecule has 0 amide bonds. The molecule has 106 valence electrons. The van der Waals surface area contributed by atoms with E-state index in [4.69, 9.17) is 10.6 Å².